The molecular weight excluding hydrogens is 350 g/mol. The standard InChI is InChI=1S/C21H18ClNOS/c22-16-10-8-15(9-11-16)18-13-23(17-5-2-1-3-6-17)14-19(18)21(24)20-7-4-12-25-20/h1-12,18-19H,13-14H2/t18-,19+/m1/s1. The van der Waals surface area contributed by atoms with Gasteiger partial charge in [0.05, 0.1) is 4.88 Å². The van der Waals surface area contributed by atoms with Gasteiger partial charge in [0.15, 0.2) is 5.78 Å². The quantitative estimate of drug-likeness (QED) is 0.567. The Hall–Kier alpha value is -2.10. The molecule has 4 rings (SSSR count). The van der Waals surface area contributed by atoms with Crippen LogP contribution in [0, 0.1) is 5.92 Å². The fourth-order valence-corrected chi connectivity index (χ4v) is 4.42. The number of rotatable bonds is 4. The number of anilines is 1. The van der Waals surface area contributed by atoms with Gasteiger partial charge in [0.2, 0.25) is 0 Å². The predicted octanol–water partition coefficient (Wildman–Crippen LogP) is 5.50. The second-order valence-electron chi connectivity index (χ2n) is 6.35. The first-order valence-corrected chi connectivity index (χ1v) is 9.61. The normalized spacial score (nSPS) is 20.0. The monoisotopic (exact) mass is 367 g/mol. The smallest absolute Gasteiger partial charge is 0.178 e. The van der Waals surface area contributed by atoms with Crippen LogP contribution in [0.15, 0.2) is 72.1 Å². The number of benzene rings is 2. The summed E-state index contributed by atoms with van der Waals surface area (Å²) in [5, 5.41) is 2.69. The molecule has 0 unspecified atom stereocenters. The SMILES string of the molecule is O=C(c1cccs1)[C@H]1CN(c2ccccc2)C[C@@H]1c1ccc(Cl)cc1. The van der Waals surface area contributed by atoms with Crippen molar-refractivity contribution in [2.45, 2.75) is 5.92 Å². The molecule has 2 nitrogen and oxygen atoms in total. The number of para-hydroxylation sites is 1. The fraction of sp³-hybridized carbons (Fsp3) is 0.190. The van der Waals surface area contributed by atoms with Crippen LogP contribution in [0.4, 0.5) is 5.69 Å². The lowest BCUT2D eigenvalue weighted by atomic mass is 9.85. The van der Waals surface area contributed by atoms with Gasteiger partial charge in [-0.2, -0.15) is 0 Å². The van der Waals surface area contributed by atoms with E-state index in [2.05, 4.69) is 29.2 Å². The van der Waals surface area contributed by atoms with Gasteiger partial charge < -0.3 is 4.90 Å². The Labute approximate surface area is 156 Å². The number of ketones is 1. The predicted molar refractivity (Wildman–Crippen MR) is 105 cm³/mol. The van der Waals surface area contributed by atoms with E-state index in [-0.39, 0.29) is 17.6 Å². The van der Waals surface area contributed by atoms with Crippen molar-refractivity contribution in [2.75, 3.05) is 18.0 Å². The molecule has 1 saturated heterocycles. The molecule has 0 spiro atoms. The van der Waals surface area contributed by atoms with Crippen LogP contribution in [0.25, 0.3) is 0 Å². The molecule has 2 aromatic carbocycles. The highest BCUT2D eigenvalue weighted by Gasteiger charge is 2.39. The van der Waals surface area contributed by atoms with Gasteiger partial charge >= 0.3 is 0 Å². The van der Waals surface area contributed by atoms with E-state index in [1.165, 1.54) is 22.6 Å². The summed E-state index contributed by atoms with van der Waals surface area (Å²) >= 11 is 7.57. The minimum atomic E-state index is -0.0416. The molecule has 1 fully saturated rings. The van der Waals surface area contributed by atoms with Gasteiger partial charge in [0.25, 0.3) is 0 Å². The molecule has 0 saturated carbocycles. The van der Waals surface area contributed by atoms with Crippen LogP contribution in [-0.4, -0.2) is 18.9 Å². The lowest BCUT2D eigenvalue weighted by Crippen LogP contribution is -2.23. The van der Waals surface area contributed by atoms with Crippen molar-refractivity contribution in [1.82, 2.24) is 0 Å². The second-order valence-corrected chi connectivity index (χ2v) is 7.73. The van der Waals surface area contributed by atoms with Crippen molar-refractivity contribution in [3.8, 4) is 0 Å². The average Bonchev–Trinajstić information content (AvgIpc) is 3.33. The molecule has 1 aliphatic heterocycles. The molecule has 25 heavy (non-hydrogen) atoms. The molecule has 0 bridgehead atoms. The molecule has 1 aromatic heterocycles. The minimum absolute atomic E-state index is 0.0416. The van der Waals surface area contributed by atoms with Crippen molar-refractivity contribution in [1.29, 1.82) is 0 Å². The summed E-state index contributed by atoms with van der Waals surface area (Å²) in [7, 11) is 0. The molecule has 3 aromatic rings. The lowest BCUT2D eigenvalue weighted by Gasteiger charge is -2.18. The van der Waals surface area contributed by atoms with Crippen LogP contribution < -0.4 is 4.90 Å². The number of halogens is 1. The van der Waals surface area contributed by atoms with E-state index in [4.69, 9.17) is 11.6 Å². The first kappa shape index (κ1) is 16.4. The van der Waals surface area contributed by atoms with Crippen molar-refractivity contribution in [3.63, 3.8) is 0 Å². The van der Waals surface area contributed by atoms with Gasteiger partial charge in [-0.1, -0.05) is 48.0 Å². The molecular formula is C21H18ClNOS. The van der Waals surface area contributed by atoms with Crippen LogP contribution in [0.2, 0.25) is 5.02 Å². The number of hydrogen-bond acceptors (Lipinski definition) is 3. The summed E-state index contributed by atoms with van der Waals surface area (Å²) in [5.41, 5.74) is 2.35. The Balaban J connectivity index is 1.67. The largest absolute Gasteiger partial charge is 0.370 e. The zero-order valence-electron chi connectivity index (χ0n) is 13.6. The molecule has 2 heterocycles. The Bertz CT molecular complexity index is 845. The number of thiophene rings is 1. The molecule has 0 aliphatic carbocycles. The van der Waals surface area contributed by atoms with E-state index >= 15 is 0 Å². The highest BCUT2D eigenvalue weighted by atomic mass is 35.5. The van der Waals surface area contributed by atoms with E-state index in [0.29, 0.717) is 0 Å². The Kier molecular flexibility index (Phi) is 4.60. The molecule has 0 radical (unpaired) electrons. The molecule has 4 heteroatoms. The van der Waals surface area contributed by atoms with Crippen molar-refractivity contribution in [2.24, 2.45) is 5.92 Å². The zero-order chi connectivity index (χ0) is 17.2. The van der Waals surface area contributed by atoms with E-state index in [0.717, 1.165) is 23.0 Å². The average molecular weight is 368 g/mol. The lowest BCUT2D eigenvalue weighted by molar-refractivity contribution is 0.0925. The number of carbonyl (C=O) groups is 1. The maximum absolute atomic E-state index is 13.1. The second kappa shape index (κ2) is 7.03. The van der Waals surface area contributed by atoms with Crippen LogP contribution >= 0.6 is 22.9 Å². The maximum atomic E-state index is 13.1. The van der Waals surface area contributed by atoms with Gasteiger partial charge in [-0.25, -0.2) is 0 Å². The van der Waals surface area contributed by atoms with E-state index in [1.807, 2.05) is 47.8 Å². The number of carbonyl (C=O) groups excluding carboxylic acids is 1. The van der Waals surface area contributed by atoms with Crippen LogP contribution in [-0.2, 0) is 0 Å². The summed E-state index contributed by atoms with van der Waals surface area (Å²) in [5.74, 6) is 0.375. The third-order valence-electron chi connectivity index (χ3n) is 4.84. The molecule has 126 valence electrons. The number of nitrogens with zero attached hydrogens (tertiary/aromatic N) is 1. The van der Waals surface area contributed by atoms with Crippen LogP contribution in [0.1, 0.15) is 21.2 Å². The maximum Gasteiger partial charge on any atom is 0.178 e. The summed E-state index contributed by atoms with van der Waals surface area (Å²) in [6.45, 7) is 1.58. The zero-order valence-corrected chi connectivity index (χ0v) is 15.2. The summed E-state index contributed by atoms with van der Waals surface area (Å²) < 4.78 is 0. The molecule has 0 amide bonds. The van der Waals surface area contributed by atoms with E-state index in [9.17, 15) is 4.79 Å². The van der Waals surface area contributed by atoms with Gasteiger partial charge in [0.1, 0.15) is 0 Å². The topological polar surface area (TPSA) is 20.3 Å². The summed E-state index contributed by atoms with van der Waals surface area (Å²) in [4.78, 5) is 16.3. The van der Waals surface area contributed by atoms with E-state index in [1.54, 1.807) is 0 Å². The summed E-state index contributed by atoms with van der Waals surface area (Å²) in [6.07, 6.45) is 0. The van der Waals surface area contributed by atoms with Gasteiger partial charge in [-0.15, -0.1) is 11.3 Å². The van der Waals surface area contributed by atoms with Crippen LogP contribution in [0.3, 0.4) is 0 Å². The number of hydrogen-bond donors (Lipinski definition) is 0. The molecule has 0 N–H and O–H groups in total. The van der Waals surface area contributed by atoms with Gasteiger partial charge in [-0.3, -0.25) is 4.79 Å². The van der Waals surface area contributed by atoms with E-state index < -0.39 is 0 Å². The molecule has 2 atom stereocenters. The highest BCUT2D eigenvalue weighted by Crippen LogP contribution is 2.38. The highest BCUT2D eigenvalue weighted by molar-refractivity contribution is 7.12. The first-order chi connectivity index (χ1) is 12.2. The Morgan fingerprint density at radius 1 is 0.960 bits per heavy atom. The fourth-order valence-electron chi connectivity index (χ4n) is 3.57. The Morgan fingerprint density at radius 3 is 2.40 bits per heavy atom. The third-order valence-corrected chi connectivity index (χ3v) is 5.98. The molecule has 1 aliphatic rings. The third kappa shape index (κ3) is 3.35. The first-order valence-electron chi connectivity index (χ1n) is 8.35. The van der Waals surface area contributed by atoms with Crippen molar-refractivity contribution in [3.05, 3.63) is 87.6 Å². The van der Waals surface area contributed by atoms with Crippen molar-refractivity contribution < 1.29 is 4.79 Å². The van der Waals surface area contributed by atoms with Gasteiger partial charge in [0, 0.05) is 35.6 Å². The van der Waals surface area contributed by atoms with Crippen molar-refractivity contribution >= 4 is 34.4 Å². The minimum Gasteiger partial charge on any atom is -0.370 e. The van der Waals surface area contributed by atoms with Gasteiger partial charge in [-0.05, 0) is 41.3 Å². The number of Topliss-reactive ketones (excluding diaryl/α,β-unsaturated/α-hetero) is 1. The Morgan fingerprint density at radius 2 is 1.72 bits per heavy atom. The van der Waals surface area contributed by atoms with Crippen LogP contribution in [0.5, 0.6) is 0 Å². The summed E-state index contributed by atoms with van der Waals surface area (Å²) in [6, 6.07) is 22.1.